The highest BCUT2D eigenvalue weighted by atomic mass is 16.5. The smallest absolute Gasteiger partial charge is 0.172 e. The van der Waals surface area contributed by atoms with E-state index in [-0.39, 0.29) is 12.0 Å². The molecule has 3 aromatic rings. The molecule has 1 aromatic heterocycles. The highest BCUT2D eigenvalue weighted by molar-refractivity contribution is 5.44. The number of rotatable bonds is 8. The van der Waals surface area contributed by atoms with Crippen LogP contribution in [0.2, 0.25) is 0 Å². The molecule has 0 bridgehead atoms. The van der Waals surface area contributed by atoms with Crippen molar-refractivity contribution in [1.82, 2.24) is 15.2 Å². The van der Waals surface area contributed by atoms with Crippen LogP contribution < -0.4 is 19.9 Å². The summed E-state index contributed by atoms with van der Waals surface area (Å²) in [6.07, 6.45) is 0. The first-order valence-electron chi connectivity index (χ1n) is 10.0. The van der Waals surface area contributed by atoms with Gasteiger partial charge in [0.1, 0.15) is 12.4 Å². The summed E-state index contributed by atoms with van der Waals surface area (Å²) in [5, 5.41) is 7.16. The van der Waals surface area contributed by atoms with Crippen molar-refractivity contribution in [2.75, 3.05) is 13.7 Å². The number of aromatic amines is 1. The summed E-state index contributed by atoms with van der Waals surface area (Å²) < 4.78 is 16.8. The maximum Gasteiger partial charge on any atom is 0.172 e. The molecular formula is C23H30N4O3. The number of nitrogens with one attached hydrogen (secondary N) is 1. The predicted molar refractivity (Wildman–Crippen MR) is 116 cm³/mol. The first-order chi connectivity index (χ1) is 14.3. The number of nitrogens with zero attached hydrogens (tertiary/aromatic N) is 2. The standard InChI is InChI=1S/C23H30N4O3/c1-6-29-19-13-15(7-12-18(19)28-5)21(24)22-25-20(26-27-22)14-30-17-10-8-16(9-11-17)23(2,3)4/h7-13,21H,6,14,24H2,1-5H3,(H,25,26,27)/t21-/m1/s1. The van der Waals surface area contributed by atoms with Gasteiger partial charge < -0.3 is 19.9 Å². The molecule has 0 aliphatic heterocycles. The van der Waals surface area contributed by atoms with Gasteiger partial charge in [-0.2, -0.15) is 5.10 Å². The van der Waals surface area contributed by atoms with E-state index in [9.17, 15) is 0 Å². The molecule has 0 fully saturated rings. The Labute approximate surface area is 177 Å². The van der Waals surface area contributed by atoms with Crippen LogP contribution in [0.1, 0.15) is 56.5 Å². The number of methoxy groups -OCH3 is 1. The van der Waals surface area contributed by atoms with Gasteiger partial charge >= 0.3 is 0 Å². The van der Waals surface area contributed by atoms with Crippen LogP contribution in [0.15, 0.2) is 42.5 Å². The van der Waals surface area contributed by atoms with Crippen molar-refractivity contribution in [2.24, 2.45) is 5.73 Å². The quantitative estimate of drug-likeness (QED) is 0.580. The number of benzene rings is 2. The number of ether oxygens (including phenoxy) is 3. The van der Waals surface area contributed by atoms with Crippen molar-refractivity contribution < 1.29 is 14.2 Å². The molecule has 1 heterocycles. The Balaban J connectivity index is 1.66. The van der Waals surface area contributed by atoms with Crippen molar-refractivity contribution in [3.8, 4) is 17.2 Å². The van der Waals surface area contributed by atoms with E-state index in [1.54, 1.807) is 7.11 Å². The monoisotopic (exact) mass is 410 g/mol. The van der Waals surface area contributed by atoms with Gasteiger partial charge in [0, 0.05) is 0 Å². The van der Waals surface area contributed by atoms with Crippen molar-refractivity contribution in [3.05, 3.63) is 65.2 Å². The lowest BCUT2D eigenvalue weighted by molar-refractivity contribution is 0.296. The summed E-state index contributed by atoms with van der Waals surface area (Å²) in [7, 11) is 1.61. The van der Waals surface area contributed by atoms with Crippen molar-refractivity contribution >= 4 is 0 Å². The van der Waals surface area contributed by atoms with Crippen LogP contribution >= 0.6 is 0 Å². The maximum atomic E-state index is 6.37. The second kappa shape index (κ2) is 9.17. The molecule has 0 aliphatic carbocycles. The Kier molecular flexibility index (Phi) is 6.62. The highest BCUT2D eigenvalue weighted by Crippen LogP contribution is 2.31. The molecule has 0 saturated carbocycles. The molecule has 0 radical (unpaired) electrons. The molecular weight excluding hydrogens is 380 g/mol. The summed E-state index contributed by atoms with van der Waals surface area (Å²) in [5.74, 6) is 3.19. The predicted octanol–water partition coefficient (Wildman–Crippen LogP) is 4.14. The molecule has 0 unspecified atom stereocenters. The van der Waals surface area contributed by atoms with E-state index in [1.165, 1.54) is 5.56 Å². The maximum absolute atomic E-state index is 6.37. The van der Waals surface area contributed by atoms with Crippen molar-refractivity contribution in [3.63, 3.8) is 0 Å². The van der Waals surface area contributed by atoms with Gasteiger partial charge in [-0.3, -0.25) is 5.10 Å². The fourth-order valence-corrected chi connectivity index (χ4v) is 3.02. The molecule has 7 heteroatoms. The van der Waals surface area contributed by atoms with Gasteiger partial charge in [-0.25, -0.2) is 4.98 Å². The van der Waals surface area contributed by atoms with Crippen LogP contribution in [0.4, 0.5) is 0 Å². The third-order valence-electron chi connectivity index (χ3n) is 4.77. The van der Waals surface area contributed by atoms with Gasteiger partial charge in [-0.15, -0.1) is 0 Å². The van der Waals surface area contributed by atoms with Gasteiger partial charge in [0.25, 0.3) is 0 Å². The average molecular weight is 411 g/mol. The SMILES string of the molecule is CCOc1cc([C@@H](N)c2n[nH]c(COc3ccc(C(C)(C)C)cc3)n2)ccc1OC. The van der Waals surface area contributed by atoms with Crippen LogP contribution in [0, 0.1) is 0 Å². The number of H-pyrrole nitrogens is 1. The number of hydrogen-bond donors (Lipinski definition) is 2. The van der Waals surface area contributed by atoms with Crippen molar-refractivity contribution in [2.45, 2.75) is 45.8 Å². The first kappa shape index (κ1) is 21.6. The molecule has 1 atom stereocenters. The molecule has 0 saturated heterocycles. The van der Waals surface area contributed by atoms with E-state index in [4.69, 9.17) is 19.9 Å². The van der Waals surface area contributed by atoms with E-state index >= 15 is 0 Å². The largest absolute Gasteiger partial charge is 0.493 e. The minimum atomic E-state index is -0.494. The molecule has 7 nitrogen and oxygen atoms in total. The molecule has 0 spiro atoms. The lowest BCUT2D eigenvalue weighted by Gasteiger charge is -2.19. The molecule has 0 amide bonds. The Hall–Kier alpha value is -3.06. The molecule has 0 aliphatic rings. The lowest BCUT2D eigenvalue weighted by atomic mass is 9.87. The van der Waals surface area contributed by atoms with Gasteiger partial charge in [0.2, 0.25) is 0 Å². The summed E-state index contributed by atoms with van der Waals surface area (Å²) in [4.78, 5) is 4.49. The van der Waals surface area contributed by atoms with Crippen LogP contribution in [0.25, 0.3) is 0 Å². The third kappa shape index (κ3) is 5.10. The van der Waals surface area contributed by atoms with Crippen LogP contribution in [-0.4, -0.2) is 28.9 Å². The van der Waals surface area contributed by atoms with E-state index in [0.29, 0.717) is 29.8 Å². The van der Waals surface area contributed by atoms with E-state index in [1.807, 2.05) is 37.3 Å². The highest BCUT2D eigenvalue weighted by Gasteiger charge is 2.18. The summed E-state index contributed by atoms with van der Waals surface area (Å²) in [6, 6.07) is 13.2. The number of aromatic nitrogens is 3. The van der Waals surface area contributed by atoms with Gasteiger partial charge in [0.15, 0.2) is 23.1 Å². The Morgan fingerprint density at radius 1 is 1.03 bits per heavy atom. The topological polar surface area (TPSA) is 95.3 Å². The summed E-state index contributed by atoms with van der Waals surface area (Å²) >= 11 is 0. The Bertz CT molecular complexity index is 961. The van der Waals surface area contributed by atoms with Crippen LogP contribution in [-0.2, 0) is 12.0 Å². The summed E-state index contributed by atoms with van der Waals surface area (Å²) in [6.45, 7) is 9.28. The van der Waals surface area contributed by atoms with Crippen LogP contribution in [0.5, 0.6) is 17.2 Å². The average Bonchev–Trinajstić information content (AvgIpc) is 3.20. The lowest BCUT2D eigenvalue weighted by Crippen LogP contribution is -2.14. The van der Waals surface area contributed by atoms with E-state index < -0.39 is 6.04 Å². The van der Waals surface area contributed by atoms with E-state index in [0.717, 1.165) is 11.3 Å². The third-order valence-corrected chi connectivity index (χ3v) is 4.77. The zero-order valence-corrected chi connectivity index (χ0v) is 18.2. The fraction of sp³-hybridized carbons (Fsp3) is 0.391. The second-order valence-corrected chi connectivity index (χ2v) is 8.02. The van der Waals surface area contributed by atoms with Crippen LogP contribution in [0.3, 0.4) is 0 Å². The second-order valence-electron chi connectivity index (χ2n) is 8.02. The molecule has 2 aromatic carbocycles. The summed E-state index contributed by atoms with van der Waals surface area (Å²) in [5.41, 5.74) is 8.57. The molecule has 3 rings (SSSR count). The minimum absolute atomic E-state index is 0.109. The van der Waals surface area contributed by atoms with Gasteiger partial charge in [0.05, 0.1) is 19.8 Å². The number of nitrogens with two attached hydrogens (primary N) is 1. The van der Waals surface area contributed by atoms with Gasteiger partial charge in [-0.1, -0.05) is 39.0 Å². The Morgan fingerprint density at radius 3 is 2.40 bits per heavy atom. The first-order valence-corrected chi connectivity index (χ1v) is 10.0. The zero-order chi connectivity index (χ0) is 21.7. The number of hydrogen-bond acceptors (Lipinski definition) is 6. The fourth-order valence-electron chi connectivity index (χ4n) is 3.02. The molecule has 30 heavy (non-hydrogen) atoms. The van der Waals surface area contributed by atoms with Gasteiger partial charge in [-0.05, 0) is 47.7 Å². The Morgan fingerprint density at radius 2 is 1.77 bits per heavy atom. The molecule has 3 N–H and O–H groups in total. The normalized spacial score (nSPS) is 12.5. The zero-order valence-electron chi connectivity index (χ0n) is 18.2. The minimum Gasteiger partial charge on any atom is -0.493 e. The molecule has 160 valence electrons. The van der Waals surface area contributed by atoms with E-state index in [2.05, 4.69) is 48.1 Å². The van der Waals surface area contributed by atoms with Crippen molar-refractivity contribution in [1.29, 1.82) is 0 Å².